The fraction of sp³-hybridized carbons (Fsp3) is 0.125. The molecule has 1 aromatic carbocycles. The maximum absolute atomic E-state index is 9.24. The van der Waals surface area contributed by atoms with E-state index in [1.807, 2.05) is 0 Å². The van der Waals surface area contributed by atoms with Crippen molar-refractivity contribution in [3.8, 4) is 11.5 Å². The predicted octanol–water partition coefficient (Wildman–Crippen LogP) is 2.54. The molecule has 0 spiro atoms. The molecule has 0 unspecified atom stereocenters. The number of halogens is 1. The number of phenols is 1. The van der Waals surface area contributed by atoms with Crippen LogP contribution < -0.4 is 4.84 Å². The second-order valence-corrected chi connectivity index (χ2v) is 2.98. The number of nitrogens with zero attached hydrogens (tertiary/aromatic N) is 1. The topological polar surface area (TPSA) is 41.8 Å². The fourth-order valence-electron chi connectivity index (χ4n) is 0.671. The average Bonchev–Trinajstić information content (AvgIpc) is 2.07. The Morgan fingerprint density at radius 1 is 1.54 bits per heavy atom. The van der Waals surface area contributed by atoms with Gasteiger partial charge in [0.05, 0.1) is 0 Å². The van der Waals surface area contributed by atoms with Crippen LogP contribution in [0.2, 0.25) is 0 Å². The zero-order valence-corrected chi connectivity index (χ0v) is 9.38. The van der Waals surface area contributed by atoms with Gasteiger partial charge in [0.25, 0.3) is 0 Å². The molecular weight excluding hydrogens is 281 g/mol. The molecule has 1 N–H and O–H groups in total. The van der Waals surface area contributed by atoms with Gasteiger partial charge >= 0.3 is 0 Å². The number of oxime groups is 1. The quantitative estimate of drug-likeness (QED) is 0.516. The Balaban J connectivity index is 0.00000144. The summed E-state index contributed by atoms with van der Waals surface area (Å²) in [7, 11) is 0. The third-order valence-corrected chi connectivity index (χ3v) is 1.67. The maximum atomic E-state index is 9.24. The largest absolute Gasteiger partial charge is 0.504 e. The zero-order valence-electron chi connectivity index (χ0n) is 6.81. The van der Waals surface area contributed by atoms with Crippen LogP contribution in [0.1, 0.15) is 6.92 Å². The van der Waals surface area contributed by atoms with Crippen molar-refractivity contribution >= 4 is 22.1 Å². The van der Waals surface area contributed by atoms with Crippen LogP contribution in [0.4, 0.5) is 0 Å². The second kappa shape index (κ2) is 6.00. The van der Waals surface area contributed by atoms with E-state index in [0.717, 1.165) is 4.47 Å². The molecule has 1 rings (SSSR count). The smallest absolute Gasteiger partial charge is 0.200 e. The van der Waals surface area contributed by atoms with Crippen LogP contribution in [0.5, 0.6) is 11.5 Å². The first kappa shape index (κ1) is 12.5. The Kier molecular flexibility index (Phi) is 5.75. The molecule has 0 aliphatic carbocycles. The Labute approximate surface area is 94.8 Å². The number of benzene rings is 1. The van der Waals surface area contributed by atoms with Crippen LogP contribution in [0.15, 0.2) is 27.8 Å². The number of phenolic OH excluding ortho intramolecular Hbond substituents is 1. The van der Waals surface area contributed by atoms with Crippen molar-refractivity contribution in [3.05, 3.63) is 22.7 Å². The molecule has 3 nitrogen and oxygen atoms in total. The van der Waals surface area contributed by atoms with Gasteiger partial charge in [-0.2, -0.15) is 0 Å². The van der Waals surface area contributed by atoms with Crippen LogP contribution in [0, 0.1) is 0 Å². The Bertz CT molecular complexity index is 304. The molecule has 0 amide bonds. The summed E-state index contributed by atoms with van der Waals surface area (Å²) in [5.41, 5.74) is 0. The van der Waals surface area contributed by atoms with E-state index in [4.69, 9.17) is 4.84 Å². The van der Waals surface area contributed by atoms with E-state index in [9.17, 15) is 5.11 Å². The number of hydrogen-bond donors (Lipinski definition) is 1. The van der Waals surface area contributed by atoms with Gasteiger partial charge in [-0.3, -0.25) is 0 Å². The van der Waals surface area contributed by atoms with Crippen molar-refractivity contribution in [2.24, 2.45) is 5.16 Å². The molecule has 0 aliphatic heterocycles. The predicted molar refractivity (Wildman–Crippen MR) is 50.6 cm³/mol. The van der Waals surface area contributed by atoms with E-state index in [1.165, 1.54) is 12.3 Å². The molecule has 5 heteroatoms. The summed E-state index contributed by atoms with van der Waals surface area (Å²) >= 11 is 3.25. The minimum atomic E-state index is 0. The van der Waals surface area contributed by atoms with E-state index in [-0.39, 0.29) is 22.2 Å². The molecule has 0 aliphatic rings. The Morgan fingerprint density at radius 2 is 2.23 bits per heavy atom. The van der Waals surface area contributed by atoms with Gasteiger partial charge in [0.15, 0.2) is 5.75 Å². The number of rotatable bonds is 2. The molecule has 1 aromatic rings. The Hall–Kier alpha value is -0.536. The summed E-state index contributed by atoms with van der Waals surface area (Å²) in [6.07, 6.45) is 1.50. The zero-order chi connectivity index (χ0) is 8.97. The first-order chi connectivity index (χ1) is 5.74. The van der Waals surface area contributed by atoms with Crippen LogP contribution >= 0.6 is 15.9 Å². The van der Waals surface area contributed by atoms with Crippen LogP contribution in [-0.4, -0.2) is 11.3 Å². The summed E-state index contributed by atoms with van der Waals surface area (Å²) in [4.78, 5) is 4.86. The van der Waals surface area contributed by atoms with Gasteiger partial charge in [-0.25, -0.2) is 0 Å². The second-order valence-electron chi connectivity index (χ2n) is 2.07. The van der Waals surface area contributed by atoms with E-state index >= 15 is 0 Å². The van der Waals surface area contributed by atoms with Crippen molar-refractivity contribution in [3.63, 3.8) is 0 Å². The van der Waals surface area contributed by atoms with Crippen molar-refractivity contribution in [2.45, 2.75) is 6.92 Å². The van der Waals surface area contributed by atoms with Gasteiger partial charge < -0.3 is 9.94 Å². The molecule has 0 saturated carbocycles. The first-order valence-corrected chi connectivity index (χ1v) is 4.17. The SMILES string of the molecule is CC=NOc1cc(Br)ccc1O.[Ni]. The monoisotopic (exact) mass is 287 g/mol. The summed E-state index contributed by atoms with van der Waals surface area (Å²) in [6, 6.07) is 4.89. The molecule has 0 aromatic heterocycles. The van der Waals surface area contributed by atoms with Gasteiger partial charge in [-0.1, -0.05) is 21.1 Å². The van der Waals surface area contributed by atoms with E-state index in [2.05, 4.69) is 21.1 Å². The van der Waals surface area contributed by atoms with Crippen molar-refractivity contribution < 1.29 is 26.4 Å². The van der Waals surface area contributed by atoms with Gasteiger partial charge in [-0.05, 0) is 19.1 Å². The van der Waals surface area contributed by atoms with Crippen molar-refractivity contribution in [1.29, 1.82) is 0 Å². The molecule has 0 heterocycles. The van der Waals surface area contributed by atoms with Gasteiger partial charge in [0, 0.05) is 33.2 Å². The summed E-state index contributed by atoms with van der Waals surface area (Å²) < 4.78 is 0.835. The first-order valence-electron chi connectivity index (χ1n) is 3.37. The van der Waals surface area contributed by atoms with E-state index in [0.29, 0.717) is 5.75 Å². The third kappa shape index (κ3) is 3.79. The van der Waals surface area contributed by atoms with Crippen LogP contribution in [0.25, 0.3) is 0 Å². The molecular formula is C8H8BrNNiO2. The fourth-order valence-corrected chi connectivity index (χ4v) is 1.01. The average molecular weight is 289 g/mol. The molecule has 0 saturated heterocycles. The minimum absolute atomic E-state index is 0. The number of aromatic hydroxyl groups is 1. The molecule has 13 heavy (non-hydrogen) atoms. The van der Waals surface area contributed by atoms with Crippen molar-refractivity contribution in [2.75, 3.05) is 0 Å². The van der Waals surface area contributed by atoms with E-state index < -0.39 is 0 Å². The Morgan fingerprint density at radius 3 is 2.85 bits per heavy atom. The standard InChI is InChI=1S/C8H8BrNO2.Ni/c1-2-10-12-8-5-6(9)3-4-7(8)11;/h2-5,11H,1H3;. The maximum Gasteiger partial charge on any atom is 0.200 e. The molecule has 0 bridgehead atoms. The minimum Gasteiger partial charge on any atom is -0.504 e. The van der Waals surface area contributed by atoms with E-state index in [1.54, 1.807) is 19.1 Å². The summed E-state index contributed by atoms with van der Waals surface area (Å²) in [5, 5.41) is 12.8. The molecule has 0 atom stereocenters. The summed E-state index contributed by atoms with van der Waals surface area (Å²) in [6.45, 7) is 1.73. The van der Waals surface area contributed by atoms with Crippen molar-refractivity contribution in [1.82, 2.24) is 0 Å². The third-order valence-electron chi connectivity index (χ3n) is 1.18. The van der Waals surface area contributed by atoms with Crippen LogP contribution in [-0.2, 0) is 16.5 Å². The van der Waals surface area contributed by atoms with Gasteiger partial charge in [0.1, 0.15) is 0 Å². The van der Waals surface area contributed by atoms with Crippen LogP contribution in [0.3, 0.4) is 0 Å². The molecule has 74 valence electrons. The van der Waals surface area contributed by atoms with Gasteiger partial charge in [-0.15, -0.1) is 0 Å². The number of hydrogen-bond acceptors (Lipinski definition) is 3. The normalized spacial score (nSPS) is 9.69. The summed E-state index contributed by atoms with van der Waals surface area (Å²) in [5.74, 6) is 0.409. The van der Waals surface area contributed by atoms with Gasteiger partial charge in [0.2, 0.25) is 5.75 Å². The molecule has 0 fully saturated rings. The molecule has 0 radical (unpaired) electrons.